The summed E-state index contributed by atoms with van der Waals surface area (Å²) < 4.78 is 13.4. The largest absolute Gasteiger partial charge is 0.493 e. The van der Waals surface area contributed by atoms with Crippen molar-refractivity contribution in [2.75, 3.05) is 19.0 Å². The summed E-state index contributed by atoms with van der Waals surface area (Å²) in [4.78, 5) is 18.1. The number of thiazole rings is 1. The number of nitrogens with one attached hydrogen (secondary N) is 2. The topological polar surface area (TPSA) is 94.1 Å². The SMILES string of the molecule is C=CCn1c(-c2sc(NC(=O)c3ccc(OCCCC)c(OC)c3)nc2C)n[nH]c1=S. The predicted molar refractivity (Wildman–Crippen MR) is 125 cm³/mol. The van der Waals surface area contributed by atoms with E-state index in [-0.39, 0.29) is 5.91 Å². The maximum absolute atomic E-state index is 12.8. The minimum Gasteiger partial charge on any atom is -0.493 e. The molecule has 2 N–H and O–H groups in total. The molecule has 31 heavy (non-hydrogen) atoms. The van der Waals surface area contributed by atoms with Crippen LogP contribution in [0.15, 0.2) is 30.9 Å². The van der Waals surface area contributed by atoms with Gasteiger partial charge in [-0.3, -0.25) is 19.8 Å². The number of aryl methyl sites for hydroxylation is 1. The van der Waals surface area contributed by atoms with E-state index in [1.165, 1.54) is 11.3 Å². The highest BCUT2D eigenvalue weighted by Crippen LogP contribution is 2.33. The number of hydrogen-bond acceptors (Lipinski definition) is 7. The van der Waals surface area contributed by atoms with Crippen molar-refractivity contribution in [1.29, 1.82) is 0 Å². The third-order valence-electron chi connectivity index (χ3n) is 4.47. The summed E-state index contributed by atoms with van der Waals surface area (Å²) in [5.74, 6) is 1.50. The maximum Gasteiger partial charge on any atom is 0.257 e. The Kier molecular flexibility index (Phi) is 7.59. The number of methoxy groups -OCH3 is 1. The quantitative estimate of drug-likeness (QED) is 0.252. The zero-order valence-electron chi connectivity index (χ0n) is 17.7. The maximum atomic E-state index is 12.8. The Bertz CT molecular complexity index is 1130. The second-order valence-electron chi connectivity index (χ2n) is 6.71. The van der Waals surface area contributed by atoms with Crippen molar-refractivity contribution in [3.8, 4) is 22.2 Å². The highest BCUT2D eigenvalue weighted by atomic mass is 32.1. The van der Waals surface area contributed by atoms with Crippen molar-refractivity contribution in [1.82, 2.24) is 19.7 Å². The van der Waals surface area contributed by atoms with Crippen LogP contribution in [0.5, 0.6) is 11.5 Å². The van der Waals surface area contributed by atoms with Crippen LogP contribution in [0.1, 0.15) is 35.8 Å². The van der Waals surface area contributed by atoms with Gasteiger partial charge in [0.25, 0.3) is 5.91 Å². The van der Waals surface area contributed by atoms with Crippen LogP contribution in [0, 0.1) is 11.7 Å². The molecule has 0 bridgehead atoms. The number of unbranched alkanes of at least 4 members (excludes halogenated alkanes) is 1. The lowest BCUT2D eigenvalue weighted by Crippen LogP contribution is -2.12. The number of aromatic nitrogens is 4. The Labute approximate surface area is 189 Å². The van der Waals surface area contributed by atoms with Gasteiger partial charge >= 0.3 is 0 Å². The van der Waals surface area contributed by atoms with Crippen LogP contribution in [0.25, 0.3) is 10.7 Å². The van der Waals surface area contributed by atoms with Gasteiger partial charge in [-0.1, -0.05) is 30.8 Å². The lowest BCUT2D eigenvalue weighted by Gasteiger charge is -2.11. The molecular weight excluding hydrogens is 434 g/mol. The molecule has 0 aliphatic heterocycles. The number of carbonyl (C=O) groups excluding carboxylic acids is 1. The van der Waals surface area contributed by atoms with Gasteiger partial charge < -0.3 is 9.47 Å². The van der Waals surface area contributed by atoms with Crippen molar-refractivity contribution in [2.45, 2.75) is 33.2 Å². The summed E-state index contributed by atoms with van der Waals surface area (Å²) >= 11 is 6.61. The summed E-state index contributed by atoms with van der Waals surface area (Å²) in [5, 5.41) is 10.4. The van der Waals surface area contributed by atoms with E-state index in [1.807, 2.05) is 11.5 Å². The molecule has 1 aromatic carbocycles. The van der Waals surface area contributed by atoms with Gasteiger partial charge in [-0.2, -0.15) is 5.10 Å². The number of ether oxygens (including phenoxy) is 2. The van der Waals surface area contributed by atoms with Crippen LogP contribution in [0.3, 0.4) is 0 Å². The number of carbonyl (C=O) groups is 1. The molecule has 0 saturated heterocycles. The van der Waals surface area contributed by atoms with E-state index in [1.54, 1.807) is 31.4 Å². The van der Waals surface area contributed by atoms with Crippen LogP contribution in [0.2, 0.25) is 0 Å². The summed E-state index contributed by atoms with van der Waals surface area (Å²) in [6, 6.07) is 5.11. The minimum atomic E-state index is -0.288. The van der Waals surface area contributed by atoms with Crippen molar-refractivity contribution in [2.24, 2.45) is 0 Å². The molecule has 8 nitrogen and oxygen atoms in total. The Morgan fingerprint density at radius 1 is 1.42 bits per heavy atom. The van der Waals surface area contributed by atoms with Gasteiger partial charge in [0.05, 0.1) is 24.3 Å². The van der Waals surface area contributed by atoms with E-state index in [9.17, 15) is 4.79 Å². The molecule has 0 fully saturated rings. The molecule has 0 aliphatic rings. The number of rotatable bonds is 10. The van der Waals surface area contributed by atoms with E-state index in [0.717, 1.165) is 23.4 Å². The summed E-state index contributed by atoms with van der Waals surface area (Å²) in [7, 11) is 1.55. The molecule has 3 aromatic rings. The van der Waals surface area contributed by atoms with E-state index in [0.29, 0.717) is 45.9 Å². The van der Waals surface area contributed by atoms with Crippen molar-refractivity contribution >= 4 is 34.6 Å². The van der Waals surface area contributed by atoms with Gasteiger partial charge in [0.15, 0.2) is 27.2 Å². The molecule has 0 unspecified atom stereocenters. The zero-order valence-corrected chi connectivity index (χ0v) is 19.4. The number of anilines is 1. The summed E-state index contributed by atoms with van der Waals surface area (Å²) in [6.07, 6.45) is 3.74. The molecule has 0 saturated carbocycles. The highest BCUT2D eigenvalue weighted by molar-refractivity contribution is 7.71. The Morgan fingerprint density at radius 3 is 2.94 bits per heavy atom. The zero-order chi connectivity index (χ0) is 22.4. The molecule has 2 heterocycles. The van der Waals surface area contributed by atoms with E-state index in [4.69, 9.17) is 21.7 Å². The first-order chi connectivity index (χ1) is 15.0. The molecule has 164 valence electrons. The Balaban J connectivity index is 1.79. The fourth-order valence-corrected chi connectivity index (χ4v) is 4.04. The fourth-order valence-electron chi connectivity index (χ4n) is 2.87. The van der Waals surface area contributed by atoms with Crippen molar-refractivity contribution in [3.05, 3.63) is 46.9 Å². The molecular formula is C21H25N5O3S2. The van der Waals surface area contributed by atoms with Gasteiger partial charge in [0.1, 0.15) is 0 Å². The molecule has 1 amide bonds. The second kappa shape index (κ2) is 10.4. The summed E-state index contributed by atoms with van der Waals surface area (Å²) in [5.41, 5.74) is 1.19. The van der Waals surface area contributed by atoms with Crippen molar-refractivity contribution < 1.29 is 14.3 Å². The number of aromatic amines is 1. The number of allylic oxidation sites excluding steroid dienone is 1. The molecule has 0 radical (unpaired) electrons. The average molecular weight is 460 g/mol. The fraction of sp³-hybridized carbons (Fsp3) is 0.333. The van der Waals surface area contributed by atoms with Crippen LogP contribution >= 0.6 is 23.6 Å². The molecule has 2 aromatic heterocycles. The first kappa shape index (κ1) is 22.7. The first-order valence-corrected chi connectivity index (χ1v) is 11.1. The molecule has 0 aliphatic carbocycles. The van der Waals surface area contributed by atoms with Gasteiger partial charge in [-0.15, -0.1) is 6.58 Å². The van der Waals surface area contributed by atoms with Crippen LogP contribution < -0.4 is 14.8 Å². The minimum absolute atomic E-state index is 0.288. The van der Waals surface area contributed by atoms with Gasteiger partial charge in [-0.25, -0.2) is 4.98 Å². The molecule has 3 rings (SSSR count). The lowest BCUT2D eigenvalue weighted by atomic mass is 10.2. The average Bonchev–Trinajstić information content (AvgIpc) is 3.30. The number of amides is 1. The number of hydrogen-bond donors (Lipinski definition) is 2. The molecule has 0 atom stereocenters. The van der Waals surface area contributed by atoms with Crippen LogP contribution in [0.4, 0.5) is 5.13 Å². The Hall–Kier alpha value is -2.98. The van der Waals surface area contributed by atoms with Gasteiger partial charge in [-0.05, 0) is 43.8 Å². The number of nitrogens with zero attached hydrogens (tertiary/aromatic N) is 3. The van der Waals surface area contributed by atoms with E-state index < -0.39 is 0 Å². The number of H-pyrrole nitrogens is 1. The lowest BCUT2D eigenvalue weighted by molar-refractivity contribution is 0.102. The van der Waals surface area contributed by atoms with Crippen LogP contribution in [-0.4, -0.2) is 39.4 Å². The monoisotopic (exact) mass is 459 g/mol. The van der Waals surface area contributed by atoms with E-state index >= 15 is 0 Å². The highest BCUT2D eigenvalue weighted by Gasteiger charge is 2.18. The first-order valence-electron chi connectivity index (χ1n) is 9.84. The normalized spacial score (nSPS) is 10.7. The molecule has 0 spiro atoms. The third kappa shape index (κ3) is 5.20. The van der Waals surface area contributed by atoms with Gasteiger partial charge in [0, 0.05) is 12.1 Å². The number of benzene rings is 1. The third-order valence-corrected chi connectivity index (χ3v) is 5.85. The Morgan fingerprint density at radius 2 is 2.23 bits per heavy atom. The smallest absolute Gasteiger partial charge is 0.257 e. The predicted octanol–water partition coefficient (Wildman–Crippen LogP) is 5.00. The summed E-state index contributed by atoms with van der Waals surface area (Å²) in [6.45, 7) is 8.84. The van der Waals surface area contributed by atoms with Crippen LogP contribution in [-0.2, 0) is 6.54 Å². The van der Waals surface area contributed by atoms with E-state index in [2.05, 4.69) is 34.0 Å². The standard InChI is InChI=1S/C21H25N5O3S2/c1-5-7-11-29-15-9-8-14(12-16(15)28-4)19(27)23-20-22-13(3)17(31-20)18-24-25-21(30)26(18)10-6-2/h6,8-9,12H,2,5,7,10-11H2,1,3-4H3,(H,25,30)(H,22,23,27). The van der Waals surface area contributed by atoms with Crippen molar-refractivity contribution in [3.63, 3.8) is 0 Å². The molecule has 10 heteroatoms. The van der Waals surface area contributed by atoms with Gasteiger partial charge in [0.2, 0.25) is 0 Å². The second-order valence-corrected chi connectivity index (χ2v) is 8.09.